The number of aliphatic hydroxyl groups excluding tert-OH is 1. The fourth-order valence-corrected chi connectivity index (χ4v) is 3.88. The van der Waals surface area contributed by atoms with Gasteiger partial charge in [-0.15, -0.1) is 0 Å². The van der Waals surface area contributed by atoms with Gasteiger partial charge in [-0.2, -0.15) is 0 Å². The summed E-state index contributed by atoms with van der Waals surface area (Å²) >= 11 is 0. The number of aliphatic hydroxyl groups is 1. The second-order valence-electron chi connectivity index (χ2n) is 6.66. The Kier molecular flexibility index (Phi) is 5.25. The van der Waals surface area contributed by atoms with E-state index in [1.165, 1.54) is 19.3 Å². The Labute approximate surface area is 136 Å². The number of likely N-dealkylation sites (tertiary alicyclic amines) is 2. The number of nitrogens with zero attached hydrogens (tertiary/aromatic N) is 3. The molecule has 126 valence electrons. The van der Waals surface area contributed by atoms with Gasteiger partial charge in [0.1, 0.15) is 0 Å². The van der Waals surface area contributed by atoms with E-state index in [1.54, 1.807) is 12.1 Å². The molecule has 3 rings (SSSR count). The molecule has 0 aromatic heterocycles. The van der Waals surface area contributed by atoms with Gasteiger partial charge in [0, 0.05) is 37.3 Å². The predicted octanol–water partition coefficient (Wildman–Crippen LogP) is 2.02. The van der Waals surface area contributed by atoms with Crippen LogP contribution in [0, 0.1) is 10.1 Å². The summed E-state index contributed by atoms with van der Waals surface area (Å²) in [7, 11) is 0. The summed E-state index contributed by atoms with van der Waals surface area (Å²) in [6.07, 6.45) is 4.68. The molecule has 6 nitrogen and oxygen atoms in total. The van der Waals surface area contributed by atoms with E-state index in [-0.39, 0.29) is 17.2 Å². The third-order valence-corrected chi connectivity index (χ3v) is 5.19. The van der Waals surface area contributed by atoms with E-state index in [0.29, 0.717) is 12.1 Å². The summed E-state index contributed by atoms with van der Waals surface area (Å²) in [5.41, 5.74) is 1.28. The standard InChI is InChI=1S/C17H25N3O3/c21-13-17-4-2-10-19(17)12-16-3-1-9-18(16)11-14-5-7-15(8-6-14)20(22)23/h5-8,16-17,21H,1-4,9-13H2. The fraction of sp³-hybridized carbons (Fsp3) is 0.647. The van der Waals surface area contributed by atoms with E-state index in [1.807, 2.05) is 12.1 Å². The predicted molar refractivity (Wildman–Crippen MR) is 88.2 cm³/mol. The van der Waals surface area contributed by atoms with Crippen LogP contribution in [-0.4, -0.2) is 58.2 Å². The molecule has 1 N–H and O–H groups in total. The first-order chi connectivity index (χ1) is 11.2. The number of nitro benzene ring substituents is 1. The van der Waals surface area contributed by atoms with Gasteiger partial charge in [0.15, 0.2) is 0 Å². The van der Waals surface area contributed by atoms with Crippen LogP contribution in [0.25, 0.3) is 0 Å². The van der Waals surface area contributed by atoms with Crippen LogP contribution < -0.4 is 0 Å². The molecule has 2 saturated heterocycles. The summed E-state index contributed by atoms with van der Waals surface area (Å²) in [5, 5.41) is 20.2. The van der Waals surface area contributed by atoms with Crippen LogP contribution in [0.1, 0.15) is 31.2 Å². The van der Waals surface area contributed by atoms with Gasteiger partial charge >= 0.3 is 0 Å². The monoisotopic (exact) mass is 319 g/mol. The van der Waals surface area contributed by atoms with Crippen LogP contribution in [0.2, 0.25) is 0 Å². The molecule has 2 aliphatic rings. The van der Waals surface area contributed by atoms with Crippen molar-refractivity contribution in [2.45, 2.75) is 44.3 Å². The number of rotatable bonds is 6. The Hall–Kier alpha value is -1.50. The van der Waals surface area contributed by atoms with E-state index in [0.717, 1.165) is 38.2 Å². The molecule has 2 atom stereocenters. The van der Waals surface area contributed by atoms with Crippen LogP contribution in [0.3, 0.4) is 0 Å². The molecule has 0 radical (unpaired) electrons. The average Bonchev–Trinajstić information content (AvgIpc) is 3.18. The summed E-state index contributed by atoms with van der Waals surface area (Å²) in [6, 6.07) is 7.75. The lowest BCUT2D eigenvalue weighted by Gasteiger charge is -2.31. The Balaban J connectivity index is 1.59. The highest BCUT2D eigenvalue weighted by Gasteiger charge is 2.31. The largest absolute Gasteiger partial charge is 0.395 e. The second kappa shape index (κ2) is 7.38. The van der Waals surface area contributed by atoms with Crippen molar-refractivity contribution >= 4 is 5.69 Å². The molecular weight excluding hydrogens is 294 g/mol. The topological polar surface area (TPSA) is 69.9 Å². The number of hydrogen-bond donors (Lipinski definition) is 1. The highest BCUT2D eigenvalue weighted by atomic mass is 16.6. The number of hydrogen-bond acceptors (Lipinski definition) is 5. The minimum absolute atomic E-state index is 0.148. The number of nitro groups is 1. The smallest absolute Gasteiger partial charge is 0.269 e. The highest BCUT2D eigenvalue weighted by Crippen LogP contribution is 2.25. The lowest BCUT2D eigenvalue weighted by molar-refractivity contribution is -0.384. The van der Waals surface area contributed by atoms with Gasteiger partial charge in [-0.05, 0) is 44.3 Å². The molecule has 0 saturated carbocycles. The quantitative estimate of drug-likeness (QED) is 0.641. The molecule has 2 heterocycles. The van der Waals surface area contributed by atoms with Crippen molar-refractivity contribution in [3.05, 3.63) is 39.9 Å². The fourth-order valence-electron chi connectivity index (χ4n) is 3.88. The van der Waals surface area contributed by atoms with Crippen molar-refractivity contribution in [2.24, 2.45) is 0 Å². The van der Waals surface area contributed by atoms with E-state index in [4.69, 9.17) is 0 Å². The highest BCUT2D eigenvalue weighted by molar-refractivity contribution is 5.32. The van der Waals surface area contributed by atoms with E-state index in [9.17, 15) is 15.2 Å². The summed E-state index contributed by atoms with van der Waals surface area (Å²) in [6.45, 7) is 4.31. The van der Waals surface area contributed by atoms with Gasteiger partial charge in [-0.25, -0.2) is 0 Å². The van der Waals surface area contributed by atoms with Gasteiger partial charge in [0.25, 0.3) is 5.69 Å². The Morgan fingerprint density at radius 2 is 1.74 bits per heavy atom. The maximum atomic E-state index is 10.7. The van der Waals surface area contributed by atoms with Crippen molar-refractivity contribution in [1.29, 1.82) is 0 Å². The zero-order chi connectivity index (χ0) is 16.2. The first-order valence-corrected chi connectivity index (χ1v) is 8.49. The molecule has 0 aliphatic carbocycles. The molecule has 0 amide bonds. The third kappa shape index (κ3) is 3.88. The van der Waals surface area contributed by atoms with Gasteiger partial charge in [-0.3, -0.25) is 19.9 Å². The molecule has 2 unspecified atom stereocenters. The third-order valence-electron chi connectivity index (χ3n) is 5.19. The van der Waals surface area contributed by atoms with Crippen molar-refractivity contribution < 1.29 is 10.0 Å². The molecule has 6 heteroatoms. The Morgan fingerprint density at radius 1 is 1.09 bits per heavy atom. The van der Waals surface area contributed by atoms with Gasteiger partial charge in [-0.1, -0.05) is 12.1 Å². The van der Waals surface area contributed by atoms with Crippen molar-refractivity contribution in [3.8, 4) is 0 Å². The minimum atomic E-state index is -0.356. The Bertz CT molecular complexity index is 534. The summed E-state index contributed by atoms with van der Waals surface area (Å²) < 4.78 is 0. The zero-order valence-electron chi connectivity index (χ0n) is 13.4. The second-order valence-corrected chi connectivity index (χ2v) is 6.66. The normalized spacial score (nSPS) is 26.0. The SMILES string of the molecule is O=[N+]([O-])c1ccc(CN2CCCC2CN2CCCC2CO)cc1. The van der Waals surface area contributed by atoms with E-state index >= 15 is 0 Å². The minimum Gasteiger partial charge on any atom is -0.395 e. The van der Waals surface area contributed by atoms with E-state index < -0.39 is 0 Å². The zero-order valence-corrected chi connectivity index (χ0v) is 13.4. The van der Waals surface area contributed by atoms with Crippen LogP contribution >= 0.6 is 0 Å². The first kappa shape index (κ1) is 16.4. The molecular formula is C17H25N3O3. The van der Waals surface area contributed by atoms with Crippen molar-refractivity contribution in [1.82, 2.24) is 9.80 Å². The summed E-state index contributed by atoms with van der Waals surface area (Å²) in [5.74, 6) is 0. The van der Waals surface area contributed by atoms with Crippen LogP contribution in [-0.2, 0) is 6.54 Å². The van der Waals surface area contributed by atoms with Gasteiger partial charge in [0.2, 0.25) is 0 Å². The maximum absolute atomic E-state index is 10.7. The Morgan fingerprint density at radius 3 is 2.39 bits per heavy atom. The molecule has 1 aromatic rings. The van der Waals surface area contributed by atoms with Gasteiger partial charge < -0.3 is 5.11 Å². The van der Waals surface area contributed by atoms with Crippen LogP contribution in [0.15, 0.2) is 24.3 Å². The molecule has 23 heavy (non-hydrogen) atoms. The number of non-ortho nitro benzene ring substituents is 1. The lowest BCUT2D eigenvalue weighted by Crippen LogP contribution is -2.43. The summed E-state index contributed by atoms with van der Waals surface area (Å²) in [4.78, 5) is 15.3. The molecule has 0 spiro atoms. The molecule has 0 bridgehead atoms. The maximum Gasteiger partial charge on any atom is 0.269 e. The molecule has 2 aliphatic heterocycles. The van der Waals surface area contributed by atoms with Gasteiger partial charge in [0.05, 0.1) is 11.5 Å². The van der Waals surface area contributed by atoms with Crippen LogP contribution in [0.5, 0.6) is 0 Å². The average molecular weight is 319 g/mol. The molecule has 2 fully saturated rings. The van der Waals surface area contributed by atoms with E-state index in [2.05, 4.69) is 9.80 Å². The van der Waals surface area contributed by atoms with Crippen molar-refractivity contribution in [2.75, 3.05) is 26.2 Å². The van der Waals surface area contributed by atoms with Crippen molar-refractivity contribution in [3.63, 3.8) is 0 Å². The molecule has 1 aromatic carbocycles. The first-order valence-electron chi connectivity index (χ1n) is 8.49. The van der Waals surface area contributed by atoms with Crippen LogP contribution in [0.4, 0.5) is 5.69 Å². The number of benzene rings is 1. The lowest BCUT2D eigenvalue weighted by atomic mass is 10.1.